The Morgan fingerprint density at radius 3 is 2.49 bits per heavy atom. The Labute approximate surface area is 251 Å². The number of ether oxygens (including phenoxy) is 1. The third kappa shape index (κ3) is 5.06. The van der Waals surface area contributed by atoms with Crippen LogP contribution in [0.4, 0.5) is 10.1 Å². The molecule has 6 rings (SSSR count). The minimum absolute atomic E-state index is 0.0340. The fourth-order valence-corrected chi connectivity index (χ4v) is 6.60. The molecule has 1 aliphatic heterocycles. The molecule has 0 saturated carbocycles. The molecule has 4 aromatic carbocycles. The van der Waals surface area contributed by atoms with Gasteiger partial charge in [-0.25, -0.2) is 4.39 Å². The molecule has 43 heavy (non-hydrogen) atoms. The summed E-state index contributed by atoms with van der Waals surface area (Å²) in [5.41, 5.74) is 13.1. The van der Waals surface area contributed by atoms with Crippen molar-refractivity contribution >= 4 is 22.2 Å². The second kappa shape index (κ2) is 10.7. The molecule has 0 fully saturated rings. The van der Waals surface area contributed by atoms with Gasteiger partial charge in [-0.05, 0) is 78.1 Å². The van der Waals surface area contributed by atoms with Gasteiger partial charge in [0.2, 0.25) is 0 Å². The normalized spacial score (nSPS) is 18.1. The summed E-state index contributed by atoms with van der Waals surface area (Å²) in [6.07, 6.45) is 1.02. The minimum atomic E-state index is -0.598. The van der Waals surface area contributed by atoms with Gasteiger partial charge in [0.25, 0.3) is 0 Å². The highest BCUT2D eigenvalue weighted by molar-refractivity contribution is 6.03. The van der Waals surface area contributed by atoms with Crippen molar-refractivity contribution in [2.45, 2.75) is 53.1 Å². The van der Waals surface area contributed by atoms with E-state index in [4.69, 9.17) is 10.5 Å². The number of carbonyl (C=O) groups excluding carboxylic acids is 1. The second-order valence-electron chi connectivity index (χ2n) is 12.4. The maximum Gasteiger partial charge on any atom is 0.162 e. The van der Waals surface area contributed by atoms with Crippen molar-refractivity contribution < 1.29 is 13.9 Å². The van der Waals surface area contributed by atoms with Gasteiger partial charge in [0, 0.05) is 23.1 Å². The lowest BCUT2D eigenvalue weighted by molar-refractivity contribution is -0.118. The quantitative estimate of drug-likeness (QED) is 0.262. The van der Waals surface area contributed by atoms with Crippen LogP contribution in [0.2, 0.25) is 0 Å². The topological polar surface area (TPSA) is 79.3 Å². The molecule has 2 aliphatic rings. The first-order valence-electron chi connectivity index (χ1n) is 14.5. The summed E-state index contributed by atoms with van der Waals surface area (Å²) in [4.78, 5) is 16.1. The number of carbonyl (C=O) groups is 1. The standard InChI is InChI=1S/C37H34FN3O2/c1-22-16-25(21-43-27-14-12-26(38)13-15-27)23(2)29(17-22)34-30(20-39)36(40)41(32-18-37(3,4)19-33(42)35(32)34)31-11-7-9-24-8-5-6-10-28(24)31/h5-17,34H,18-19,21,40H2,1-4H3. The van der Waals surface area contributed by atoms with Gasteiger partial charge in [0.05, 0.1) is 23.2 Å². The van der Waals surface area contributed by atoms with Crippen molar-refractivity contribution in [3.63, 3.8) is 0 Å². The number of fused-ring (bicyclic) bond motifs is 1. The number of benzene rings is 4. The van der Waals surface area contributed by atoms with E-state index in [0.29, 0.717) is 35.6 Å². The zero-order valence-corrected chi connectivity index (χ0v) is 24.9. The SMILES string of the molecule is Cc1cc(COc2ccc(F)cc2)c(C)c(C2C(C#N)=C(N)N(c3cccc4ccccc34)C3=C2C(=O)CC(C)(C)C3)c1. The highest BCUT2D eigenvalue weighted by Crippen LogP contribution is 2.51. The van der Waals surface area contributed by atoms with Crippen molar-refractivity contribution in [1.29, 1.82) is 5.26 Å². The van der Waals surface area contributed by atoms with E-state index in [0.717, 1.165) is 44.4 Å². The first-order chi connectivity index (χ1) is 20.6. The second-order valence-corrected chi connectivity index (χ2v) is 12.4. The number of Topliss-reactive ketones (excluding diaryl/α,β-unsaturated/α-hetero) is 1. The van der Waals surface area contributed by atoms with E-state index in [1.165, 1.54) is 12.1 Å². The number of anilines is 1. The Morgan fingerprint density at radius 2 is 1.74 bits per heavy atom. The molecule has 0 amide bonds. The molecule has 1 aliphatic carbocycles. The van der Waals surface area contributed by atoms with Gasteiger partial charge < -0.3 is 10.5 Å². The smallest absolute Gasteiger partial charge is 0.162 e. The van der Waals surface area contributed by atoms with E-state index >= 15 is 0 Å². The number of aryl methyl sites for hydroxylation is 1. The van der Waals surface area contributed by atoms with Crippen LogP contribution in [0.15, 0.2) is 102 Å². The fraction of sp³-hybridized carbons (Fsp3) is 0.243. The molecular formula is C37H34FN3O2. The van der Waals surface area contributed by atoms with E-state index < -0.39 is 5.92 Å². The zero-order valence-electron chi connectivity index (χ0n) is 24.9. The number of nitrogens with two attached hydrogens (primary N) is 1. The van der Waals surface area contributed by atoms with E-state index in [2.05, 4.69) is 26.0 Å². The van der Waals surface area contributed by atoms with E-state index in [9.17, 15) is 14.4 Å². The predicted octanol–water partition coefficient (Wildman–Crippen LogP) is 8.12. The number of hydrogen-bond acceptors (Lipinski definition) is 5. The van der Waals surface area contributed by atoms with Crippen molar-refractivity contribution in [2.75, 3.05) is 4.90 Å². The largest absolute Gasteiger partial charge is 0.489 e. The summed E-state index contributed by atoms with van der Waals surface area (Å²) in [6.45, 7) is 8.46. The average Bonchev–Trinajstić information content (AvgIpc) is 2.97. The maximum absolute atomic E-state index is 14.1. The molecule has 1 heterocycles. The van der Waals surface area contributed by atoms with Gasteiger partial charge in [-0.1, -0.05) is 67.9 Å². The highest BCUT2D eigenvalue weighted by atomic mass is 19.1. The van der Waals surface area contributed by atoms with E-state index in [1.807, 2.05) is 67.3 Å². The zero-order chi connectivity index (χ0) is 30.5. The van der Waals surface area contributed by atoms with Gasteiger partial charge in [-0.15, -0.1) is 0 Å². The van der Waals surface area contributed by atoms with Gasteiger partial charge in [-0.2, -0.15) is 5.26 Å². The van der Waals surface area contributed by atoms with Crippen molar-refractivity contribution in [1.82, 2.24) is 0 Å². The summed E-state index contributed by atoms with van der Waals surface area (Å²) < 4.78 is 19.4. The Hall–Kier alpha value is -4.89. The Balaban J connectivity index is 1.53. The minimum Gasteiger partial charge on any atom is -0.489 e. The third-order valence-electron chi connectivity index (χ3n) is 8.61. The lowest BCUT2D eigenvalue weighted by Crippen LogP contribution is -2.42. The van der Waals surface area contributed by atoms with Crippen LogP contribution in [0, 0.1) is 36.4 Å². The molecule has 216 valence electrons. The number of ketones is 1. The predicted molar refractivity (Wildman–Crippen MR) is 168 cm³/mol. The first-order valence-corrected chi connectivity index (χ1v) is 14.5. The van der Waals surface area contributed by atoms with Gasteiger partial charge >= 0.3 is 0 Å². The van der Waals surface area contributed by atoms with Crippen LogP contribution in [0.3, 0.4) is 0 Å². The molecule has 0 aromatic heterocycles. The van der Waals surface area contributed by atoms with Crippen LogP contribution in [-0.4, -0.2) is 5.78 Å². The average molecular weight is 572 g/mol. The molecule has 0 bridgehead atoms. The maximum atomic E-state index is 14.1. The summed E-state index contributed by atoms with van der Waals surface area (Å²) >= 11 is 0. The number of nitriles is 1. The fourth-order valence-electron chi connectivity index (χ4n) is 6.60. The van der Waals surface area contributed by atoms with Crippen molar-refractivity contribution in [3.05, 3.63) is 130 Å². The lowest BCUT2D eigenvalue weighted by atomic mass is 9.67. The summed E-state index contributed by atoms with van der Waals surface area (Å²) in [6, 6.07) is 26.6. The molecule has 0 saturated heterocycles. The molecule has 0 spiro atoms. The van der Waals surface area contributed by atoms with Crippen LogP contribution in [0.25, 0.3) is 10.8 Å². The molecule has 0 radical (unpaired) electrons. The van der Waals surface area contributed by atoms with Crippen molar-refractivity contribution in [3.8, 4) is 11.8 Å². The summed E-state index contributed by atoms with van der Waals surface area (Å²) in [5, 5.41) is 12.7. The van der Waals surface area contributed by atoms with E-state index in [-0.39, 0.29) is 23.6 Å². The van der Waals surface area contributed by atoms with Crippen LogP contribution in [-0.2, 0) is 11.4 Å². The number of halogens is 1. The molecule has 1 unspecified atom stereocenters. The molecule has 5 nitrogen and oxygen atoms in total. The number of hydrogen-bond donors (Lipinski definition) is 1. The van der Waals surface area contributed by atoms with Crippen LogP contribution < -0.4 is 15.4 Å². The van der Waals surface area contributed by atoms with Crippen molar-refractivity contribution in [2.24, 2.45) is 11.1 Å². The Bertz CT molecular complexity index is 1870. The van der Waals surface area contributed by atoms with Gasteiger partial charge in [0.15, 0.2) is 5.78 Å². The summed E-state index contributed by atoms with van der Waals surface area (Å²) in [7, 11) is 0. The van der Waals surface area contributed by atoms with E-state index in [1.54, 1.807) is 12.1 Å². The van der Waals surface area contributed by atoms with Gasteiger partial charge in [-0.3, -0.25) is 9.69 Å². The molecule has 2 N–H and O–H groups in total. The molecule has 1 atom stereocenters. The molecule has 4 aromatic rings. The highest BCUT2D eigenvalue weighted by Gasteiger charge is 2.45. The molecule has 6 heteroatoms. The van der Waals surface area contributed by atoms with Gasteiger partial charge in [0.1, 0.15) is 24.0 Å². The third-order valence-corrected chi connectivity index (χ3v) is 8.61. The van der Waals surface area contributed by atoms with Crippen LogP contribution in [0.1, 0.15) is 54.9 Å². The summed E-state index contributed by atoms with van der Waals surface area (Å²) in [5.74, 6) is 0.0157. The Kier molecular flexibility index (Phi) is 7.06. The number of allylic oxidation sites excluding steroid dienone is 3. The monoisotopic (exact) mass is 571 g/mol. The molecular weight excluding hydrogens is 537 g/mol. The number of nitrogens with zero attached hydrogens (tertiary/aromatic N) is 2. The first kappa shape index (κ1) is 28.2. The Morgan fingerprint density at radius 1 is 1.02 bits per heavy atom. The lowest BCUT2D eigenvalue weighted by Gasteiger charge is -2.44. The van der Waals surface area contributed by atoms with Crippen LogP contribution >= 0.6 is 0 Å². The van der Waals surface area contributed by atoms with Crippen LogP contribution in [0.5, 0.6) is 5.75 Å². The number of rotatable bonds is 5.